The summed E-state index contributed by atoms with van der Waals surface area (Å²) >= 11 is 0. The van der Waals surface area contributed by atoms with E-state index in [4.69, 9.17) is 5.11 Å². The molecule has 2 N–H and O–H groups in total. The van der Waals surface area contributed by atoms with Gasteiger partial charge in [0.1, 0.15) is 5.69 Å². The van der Waals surface area contributed by atoms with Crippen LogP contribution < -0.4 is 5.32 Å². The van der Waals surface area contributed by atoms with Crippen LogP contribution in [0.3, 0.4) is 0 Å². The van der Waals surface area contributed by atoms with Crippen LogP contribution in [-0.4, -0.2) is 31.5 Å². The summed E-state index contributed by atoms with van der Waals surface area (Å²) in [6, 6.07) is 12.1. The molecule has 0 aliphatic carbocycles. The number of carboxylic acids is 1. The van der Waals surface area contributed by atoms with Crippen LogP contribution >= 0.6 is 0 Å². The maximum absolute atomic E-state index is 12.2. The molecule has 0 spiro atoms. The lowest BCUT2D eigenvalue weighted by Crippen LogP contribution is -2.16. The third kappa shape index (κ3) is 3.08. The molecule has 0 unspecified atom stereocenters. The van der Waals surface area contributed by atoms with E-state index in [1.165, 1.54) is 18.3 Å². The monoisotopic (exact) mass is 308 g/mol. The van der Waals surface area contributed by atoms with Crippen molar-refractivity contribution in [1.29, 1.82) is 0 Å². The maximum atomic E-state index is 12.2. The zero-order valence-electron chi connectivity index (χ0n) is 11.9. The van der Waals surface area contributed by atoms with Crippen molar-refractivity contribution in [2.24, 2.45) is 0 Å². The summed E-state index contributed by atoms with van der Waals surface area (Å²) in [5.74, 6) is -1.20. The molecule has 23 heavy (non-hydrogen) atoms. The molecule has 0 atom stereocenters. The summed E-state index contributed by atoms with van der Waals surface area (Å²) in [6.45, 7) is 0. The molecule has 0 aliphatic rings. The number of aromatic nitrogens is 3. The van der Waals surface area contributed by atoms with Gasteiger partial charge in [0.2, 0.25) is 5.95 Å². The van der Waals surface area contributed by atoms with Gasteiger partial charge in [0, 0.05) is 24.3 Å². The molecule has 114 valence electrons. The topological polar surface area (TPSA) is 97.1 Å². The fourth-order valence-electron chi connectivity index (χ4n) is 2.02. The number of amides is 1. The first-order valence-corrected chi connectivity index (χ1v) is 6.74. The molecule has 0 saturated heterocycles. The maximum Gasteiger partial charge on any atom is 0.354 e. The lowest BCUT2D eigenvalue weighted by molar-refractivity contribution is 0.0690. The number of nitrogens with zero attached hydrogens (tertiary/aromatic N) is 3. The van der Waals surface area contributed by atoms with Crippen LogP contribution in [0.25, 0.3) is 5.69 Å². The average Bonchev–Trinajstić information content (AvgIpc) is 3.04. The fourth-order valence-corrected chi connectivity index (χ4v) is 2.02. The zero-order valence-corrected chi connectivity index (χ0v) is 11.9. The number of hydrogen-bond acceptors (Lipinski definition) is 4. The van der Waals surface area contributed by atoms with E-state index >= 15 is 0 Å². The molecule has 0 fully saturated rings. The highest BCUT2D eigenvalue weighted by Gasteiger charge is 2.12. The van der Waals surface area contributed by atoms with E-state index in [0.29, 0.717) is 5.95 Å². The average molecular weight is 308 g/mol. The fraction of sp³-hybridized carbons (Fsp3) is 0. The summed E-state index contributed by atoms with van der Waals surface area (Å²) in [4.78, 5) is 30.8. The predicted molar refractivity (Wildman–Crippen MR) is 82.7 cm³/mol. The summed E-state index contributed by atoms with van der Waals surface area (Å²) in [6.07, 6.45) is 4.53. The number of rotatable bonds is 4. The Kier molecular flexibility index (Phi) is 3.84. The van der Waals surface area contributed by atoms with Crippen molar-refractivity contribution in [2.45, 2.75) is 0 Å². The van der Waals surface area contributed by atoms with Gasteiger partial charge >= 0.3 is 5.97 Å². The van der Waals surface area contributed by atoms with Crippen molar-refractivity contribution in [3.63, 3.8) is 0 Å². The number of aromatic carboxylic acids is 1. The second kappa shape index (κ2) is 6.10. The molecule has 1 amide bonds. The number of pyridine rings is 1. The lowest BCUT2D eigenvalue weighted by atomic mass is 10.2. The molecule has 1 aromatic carbocycles. The Hall–Kier alpha value is -3.48. The summed E-state index contributed by atoms with van der Waals surface area (Å²) in [7, 11) is 0. The molecule has 3 aromatic rings. The van der Waals surface area contributed by atoms with Crippen molar-refractivity contribution >= 4 is 17.8 Å². The van der Waals surface area contributed by atoms with Gasteiger partial charge in [-0.15, -0.1) is 0 Å². The molecule has 2 aromatic heterocycles. The van der Waals surface area contributed by atoms with E-state index < -0.39 is 11.9 Å². The minimum atomic E-state index is -1.14. The van der Waals surface area contributed by atoms with Crippen molar-refractivity contribution in [3.05, 3.63) is 72.3 Å². The Bertz CT molecular complexity index is 841. The number of nitrogens with one attached hydrogen (secondary N) is 1. The number of anilines is 1. The number of benzene rings is 1. The Morgan fingerprint density at radius 3 is 2.48 bits per heavy atom. The first-order valence-electron chi connectivity index (χ1n) is 6.74. The lowest BCUT2D eigenvalue weighted by Gasteiger charge is -2.08. The van der Waals surface area contributed by atoms with Crippen LogP contribution in [0.1, 0.15) is 20.8 Å². The van der Waals surface area contributed by atoms with Crippen LogP contribution in [0.15, 0.2) is 61.1 Å². The first-order chi connectivity index (χ1) is 11.1. The number of carbonyl (C=O) groups is 2. The van der Waals surface area contributed by atoms with Gasteiger partial charge in [-0.2, -0.15) is 0 Å². The summed E-state index contributed by atoms with van der Waals surface area (Å²) < 4.78 is 1.73. The molecule has 3 rings (SSSR count). The highest BCUT2D eigenvalue weighted by atomic mass is 16.4. The van der Waals surface area contributed by atoms with Gasteiger partial charge in [-0.25, -0.2) is 14.8 Å². The molecular weight excluding hydrogens is 296 g/mol. The number of hydrogen-bond donors (Lipinski definition) is 2. The van der Waals surface area contributed by atoms with E-state index in [1.54, 1.807) is 17.0 Å². The molecule has 7 heteroatoms. The van der Waals surface area contributed by atoms with Crippen LogP contribution in [0, 0.1) is 0 Å². The Morgan fingerprint density at radius 1 is 1.04 bits per heavy atom. The van der Waals surface area contributed by atoms with Gasteiger partial charge in [-0.3, -0.25) is 14.7 Å². The van der Waals surface area contributed by atoms with Crippen molar-refractivity contribution in [1.82, 2.24) is 14.5 Å². The third-order valence-electron chi connectivity index (χ3n) is 3.15. The Labute approximate surface area is 131 Å². The van der Waals surface area contributed by atoms with E-state index in [1.807, 2.05) is 30.3 Å². The molecule has 0 saturated carbocycles. The number of carbonyl (C=O) groups excluding carboxylic acids is 1. The van der Waals surface area contributed by atoms with E-state index in [2.05, 4.69) is 15.3 Å². The molecule has 0 aliphatic heterocycles. The van der Waals surface area contributed by atoms with Crippen molar-refractivity contribution < 1.29 is 14.7 Å². The second-order valence-corrected chi connectivity index (χ2v) is 4.65. The smallest absolute Gasteiger partial charge is 0.354 e. The molecule has 2 heterocycles. The minimum Gasteiger partial charge on any atom is -0.477 e. The minimum absolute atomic E-state index is 0.118. The van der Waals surface area contributed by atoms with Gasteiger partial charge in [0.05, 0.1) is 5.56 Å². The highest BCUT2D eigenvalue weighted by molar-refractivity contribution is 6.03. The standard InChI is InChI=1S/C16H12N4O3/c21-14(11-6-7-13(15(22)23)18-10-11)19-16-17-8-9-20(16)12-4-2-1-3-5-12/h1-10H,(H,22,23)(H,17,19,21). The first kappa shape index (κ1) is 14.5. The Morgan fingerprint density at radius 2 is 1.83 bits per heavy atom. The van der Waals surface area contributed by atoms with Gasteiger partial charge in [0.25, 0.3) is 5.91 Å². The Balaban J connectivity index is 1.81. The molecule has 0 radical (unpaired) electrons. The van der Waals surface area contributed by atoms with Gasteiger partial charge in [0.15, 0.2) is 0 Å². The number of para-hydroxylation sites is 1. The third-order valence-corrected chi connectivity index (χ3v) is 3.15. The van der Waals surface area contributed by atoms with Gasteiger partial charge in [-0.1, -0.05) is 18.2 Å². The van der Waals surface area contributed by atoms with Crippen molar-refractivity contribution in [3.8, 4) is 5.69 Å². The largest absolute Gasteiger partial charge is 0.477 e. The van der Waals surface area contributed by atoms with E-state index in [9.17, 15) is 9.59 Å². The van der Waals surface area contributed by atoms with Crippen LogP contribution in [0.4, 0.5) is 5.95 Å². The van der Waals surface area contributed by atoms with Crippen LogP contribution in [0.5, 0.6) is 0 Å². The SMILES string of the molecule is O=C(Nc1nccn1-c1ccccc1)c1ccc(C(=O)O)nc1. The normalized spacial score (nSPS) is 10.3. The summed E-state index contributed by atoms with van der Waals surface area (Å²) in [5, 5.41) is 11.5. The zero-order chi connectivity index (χ0) is 16.2. The molecule has 7 nitrogen and oxygen atoms in total. The number of imidazole rings is 1. The second-order valence-electron chi connectivity index (χ2n) is 4.65. The highest BCUT2D eigenvalue weighted by Crippen LogP contribution is 2.14. The summed E-state index contributed by atoms with van der Waals surface area (Å²) in [5.41, 5.74) is 0.990. The van der Waals surface area contributed by atoms with E-state index in [-0.39, 0.29) is 11.3 Å². The predicted octanol–water partition coefficient (Wildman–Crippen LogP) is 2.22. The quantitative estimate of drug-likeness (QED) is 0.770. The van der Waals surface area contributed by atoms with Crippen molar-refractivity contribution in [2.75, 3.05) is 5.32 Å². The van der Waals surface area contributed by atoms with Crippen LogP contribution in [0.2, 0.25) is 0 Å². The molecule has 0 bridgehead atoms. The van der Waals surface area contributed by atoms with Gasteiger partial charge < -0.3 is 5.11 Å². The van der Waals surface area contributed by atoms with Crippen LogP contribution in [-0.2, 0) is 0 Å². The van der Waals surface area contributed by atoms with E-state index in [0.717, 1.165) is 5.69 Å². The molecular formula is C16H12N4O3. The van der Waals surface area contributed by atoms with Gasteiger partial charge in [-0.05, 0) is 24.3 Å². The number of carboxylic acid groups (broad SMARTS) is 1.